The molecule has 0 bridgehead atoms. The summed E-state index contributed by atoms with van der Waals surface area (Å²) in [5.41, 5.74) is 0.379. The number of fused-ring (bicyclic) bond motifs is 1. The Labute approximate surface area is 231 Å². The van der Waals surface area contributed by atoms with Crippen LogP contribution in [0.25, 0.3) is 33.4 Å². The van der Waals surface area contributed by atoms with Gasteiger partial charge in [-0.15, -0.1) is 0 Å². The zero-order valence-corrected chi connectivity index (χ0v) is 22.2. The summed E-state index contributed by atoms with van der Waals surface area (Å²) in [6.07, 6.45) is -2.24. The van der Waals surface area contributed by atoms with Crippen molar-refractivity contribution >= 4 is 38.8 Å². The van der Waals surface area contributed by atoms with Gasteiger partial charge in [-0.05, 0) is 55.0 Å². The third-order valence-electron chi connectivity index (χ3n) is 6.19. The van der Waals surface area contributed by atoms with Crippen LogP contribution < -0.4 is 10.6 Å². The molecule has 0 spiro atoms. The van der Waals surface area contributed by atoms with E-state index in [1.54, 1.807) is 25.2 Å². The number of aryl methyl sites for hydroxylation is 1. The molecule has 0 aliphatic heterocycles. The summed E-state index contributed by atoms with van der Waals surface area (Å²) in [5.74, 6) is 0.260. The van der Waals surface area contributed by atoms with Crippen molar-refractivity contribution in [2.45, 2.75) is 18.0 Å². The van der Waals surface area contributed by atoms with Gasteiger partial charge in [0.25, 0.3) is 10.0 Å². The molecule has 14 heteroatoms. The molecule has 0 saturated heterocycles. The number of carboxylic acid groups (broad SMARTS) is 1. The van der Waals surface area contributed by atoms with Gasteiger partial charge in [-0.1, -0.05) is 17.7 Å². The molecular formula is C27H21F3N6O4S. The van der Waals surface area contributed by atoms with Crippen LogP contribution in [0.2, 0.25) is 0 Å². The molecule has 3 heterocycles. The van der Waals surface area contributed by atoms with E-state index in [1.807, 2.05) is 12.2 Å². The molecule has 3 aromatic heterocycles. The van der Waals surface area contributed by atoms with Gasteiger partial charge in [0.15, 0.2) is 5.65 Å². The highest BCUT2D eigenvalue weighted by Crippen LogP contribution is 2.38. The fourth-order valence-corrected chi connectivity index (χ4v) is 5.56. The van der Waals surface area contributed by atoms with E-state index in [-0.39, 0.29) is 38.7 Å². The van der Waals surface area contributed by atoms with Gasteiger partial charge >= 0.3 is 12.3 Å². The highest BCUT2D eigenvalue weighted by molar-refractivity contribution is 7.90. The number of rotatable bonds is 6. The number of nitrogens with zero attached hydrogens (tertiary/aromatic N) is 4. The number of nitrogens with one attached hydrogen (secondary N) is 2. The summed E-state index contributed by atoms with van der Waals surface area (Å²) in [5, 5.41) is 14.1. The molecule has 5 rings (SSSR count). The molecular weight excluding hydrogens is 561 g/mol. The molecule has 41 heavy (non-hydrogen) atoms. The lowest BCUT2D eigenvalue weighted by Gasteiger charge is -2.13. The predicted octanol–water partition coefficient (Wildman–Crippen LogP) is 5.86. The summed E-state index contributed by atoms with van der Waals surface area (Å²) >= 11 is 0. The van der Waals surface area contributed by atoms with Crippen molar-refractivity contribution in [3.8, 4) is 22.4 Å². The quantitative estimate of drug-likeness (QED) is 0.226. The van der Waals surface area contributed by atoms with Crippen LogP contribution in [-0.2, 0) is 16.2 Å². The summed E-state index contributed by atoms with van der Waals surface area (Å²) < 4.78 is 69.3. The van der Waals surface area contributed by atoms with Gasteiger partial charge in [-0.2, -0.15) is 13.2 Å². The van der Waals surface area contributed by atoms with Crippen LogP contribution in [0.4, 0.5) is 29.6 Å². The number of alkyl halides is 3. The second-order valence-electron chi connectivity index (χ2n) is 8.99. The standard InChI is InChI=1S/C27H21F3N6O4S/c1-15-3-5-20(6-4-15)41(39,40)36-14-22(23-7-8-32-25(31-2)35-23)21-11-17(13-33-24(21)36)16-9-18(27(28,29)30)12-19(10-16)34-26(37)38/h3-14,34H,1-2H3,(H,37,38)(H,31,32,35). The van der Waals surface area contributed by atoms with Gasteiger partial charge in [-0.25, -0.2) is 32.1 Å². The molecule has 1 amide bonds. The largest absolute Gasteiger partial charge is 0.465 e. The smallest absolute Gasteiger partial charge is 0.416 e. The van der Waals surface area contributed by atoms with Gasteiger partial charge in [0.1, 0.15) is 0 Å². The lowest BCUT2D eigenvalue weighted by atomic mass is 10.0. The van der Waals surface area contributed by atoms with Crippen molar-refractivity contribution in [2.75, 3.05) is 17.7 Å². The molecule has 0 aliphatic rings. The summed E-state index contributed by atoms with van der Waals surface area (Å²) in [6.45, 7) is 1.82. The van der Waals surface area contributed by atoms with E-state index in [1.165, 1.54) is 42.9 Å². The van der Waals surface area contributed by atoms with Crippen LogP contribution in [0.3, 0.4) is 0 Å². The lowest BCUT2D eigenvalue weighted by molar-refractivity contribution is -0.137. The van der Waals surface area contributed by atoms with Gasteiger partial charge in [0.05, 0.1) is 16.2 Å². The second-order valence-corrected chi connectivity index (χ2v) is 10.8. The summed E-state index contributed by atoms with van der Waals surface area (Å²) in [4.78, 5) is 24.0. The Morgan fingerprint density at radius 1 is 1.00 bits per heavy atom. The van der Waals surface area contributed by atoms with Gasteiger partial charge in [-0.3, -0.25) is 5.32 Å². The van der Waals surface area contributed by atoms with E-state index < -0.39 is 27.9 Å². The zero-order chi connectivity index (χ0) is 29.5. The fraction of sp³-hybridized carbons (Fsp3) is 0.111. The molecule has 0 atom stereocenters. The minimum Gasteiger partial charge on any atom is -0.465 e. The Bertz CT molecular complexity index is 1910. The number of benzene rings is 2. The van der Waals surface area contributed by atoms with Crippen molar-refractivity contribution in [3.63, 3.8) is 0 Å². The Morgan fingerprint density at radius 3 is 2.39 bits per heavy atom. The molecule has 3 N–H and O–H groups in total. The van der Waals surface area contributed by atoms with Crippen molar-refractivity contribution in [3.05, 3.63) is 84.3 Å². The van der Waals surface area contributed by atoms with Crippen LogP contribution in [0.5, 0.6) is 0 Å². The van der Waals surface area contributed by atoms with E-state index in [9.17, 15) is 26.4 Å². The van der Waals surface area contributed by atoms with Crippen molar-refractivity contribution in [1.29, 1.82) is 0 Å². The first kappa shape index (κ1) is 27.6. The molecule has 0 saturated carbocycles. The zero-order valence-electron chi connectivity index (χ0n) is 21.4. The second kappa shape index (κ2) is 10.2. The first-order chi connectivity index (χ1) is 19.4. The molecule has 10 nitrogen and oxygen atoms in total. The van der Waals surface area contributed by atoms with Crippen LogP contribution in [0, 0.1) is 6.92 Å². The minimum atomic E-state index is -4.76. The van der Waals surface area contributed by atoms with Crippen LogP contribution in [0.1, 0.15) is 11.1 Å². The highest BCUT2D eigenvalue weighted by atomic mass is 32.2. The van der Waals surface area contributed by atoms with E-state index >= 15 is 0 Å². The van der Waals surface area contributed by atoms with Crippen molar-refractivity contribution in [2.24, 2.45) is 0 Å². The molecule has 210 valence electrons. The molecule has 0 unspecified atom stereocenters. The Kier molecular flexibility index (Phi) is 6.87. The van der Waals surface area contributed by atoms with Crippen LogP contribution in [-0.4, -0.2) is 45.6 Å². The number of halogens is 3. The maximum atomic E-state index is 13.7. The van der Waals surface area contributed by atoms with Gasteiger partial charge < -0.3 is 10.4 Å². The van der Waals surface area contributed by atoms with E-state index in [0.717, 1.165) is 15.6 Å². The summed E-state index contributed by atoms with van der Waals surface area (Å²) in [7, 11) is -2.53. The molecule has 2 aromatic carbocycles. The molecule has 0 fully saturated rings. The SMILES string of the molecule is CNc1nccc(-c2cn(S(=O)(=O)c3ccc(C)cc3)c3ncc(-c4cc(NC(=O)O)cc(C(F)(F)F)c4)cc23)n1. The summed E-state index contributed by atoms with van der Waals surface area (Å²) in [6, 6.07) is 12.1. The Hall–Kier alpha value is -4.98. The lowest BCUT2D eigenvalue weighted by Crippen LogP contribution is -2.12. The number of hydrogen-bond donors (Lipinski definition) is 3. The third-order valence-corrected chi connectivity index (χ3v) is 7.85. The first-order valence-corrected chi connectivity index (χ1v) is 13.4. The van der Waals surface area contributed by atoms with E-state index in [2.05, 4.69) is 20.3 Å². The molecule has 0 aliphatic carbocycles. The van der Waals surface area contributed by atoms with Crippen molar-refractivity contribution in [1.82, 2.24) is 18.9 Å². The highest BCUT2D eigenvalue weighted by Gasteiger charge is 2.32. The van der Waals surface area contributed by atoms with Crippen LogP contribution in [0.15, 0.2) is 78.1 Å². The van der Waals surface area contributed by atoms with Gasteiger partial charge in [0.2, 0.25) is 5.95 Å². The van der Waals surface area contributed by atoms with E-state index in [0.29, 0.717) is 17.3 Å². The Morgan fingerprint density at radius 2 is 1.73 bits per heavy atom. The van der Waals surface area contributed by atoms with Crippen molar-refractivity contribution < 1.29 is 31.5 Å². The fourth-order valence-electron chi connectivity index (χ4n) is 4.23. The van der Waals surface area contributed by atoms with E-state index in [4.69, 9.17) is 5.11 Å². The normalized spacial score (nSPS) is 11.9. The van der Waals surface area contributed by atoms with Crippen LogP contribution >= 0.6 is 0 Å². The Balaban J connectivity index is 1.77. The maximum absolute atomic E-state index is 13.7. The minimum absolute atomic E-state index is 0.0108. The maximum Gasteiger partial charge on any atom is 0.416 e. The monoisotopic (exact) mass is 582 g/mol. The first-order valence-electron chi connectivity index (χ1n) is 11.9. The number of carbonyl (C=O) groups is 1. The average Bonchev–Trinajstić information content (AvgIpc) is 3.32. The number of anilines is 2. The number of amides is 1. The predicted molar refractivity (Wildman–Crippen MR) is 146 cm³/mol. The average molecular weight is 583 g/mol. The number of pyridine rings is 1. The third kappa shape index (κ3) is 5.41. The molecule has 0 radical (unpaired) electrons. The topological polar surface area (TPSA) is 139 Å². The molecule has 5 aromatic rings. The number of aromatic nitrogens is 4. The van der Waals surface area contributed by atoms with Gasteiger partial charge in [0, 0.05) is 47.8 Å². The number of hydrogen-bond acceptors (Lipinski definition) is 7.